The number of nitrogens with one attached hydrogen (secondary N) is 1. The molecule has 1 heterocycles. The van der Waals surface area contributed by atoms with Gasteiger partial charge in [0.2, 0.25) is 5.08 Å². The third-order valence-electron chi connectivity index (χ3n) is 2.85. The first-order valence-electron chi connectivity index (χ1n) is 5.13. The molecule has 0 bridgehead atoms. The van der Waals surface area contributed by atoms with Gasteiger partial charge in [0.15, 0.2) is 7.60 Å². The van der Waals surface area contributed by atoms with Crippen LogP contribution in [0.5, 0.6) is 0 Å². The van der Waals surface area contributed by atoms with Gasteiger partial charge in [-0.1, -0.05) is 6.42 Å². The van der Waals surface area contributed by atoms with Crippen LogP contribution in [0.3, 0.4) is 0 Å². The molecule has 5 N–H and O–H groups in total. The minimum Gasteiger partial charge on any atom is -0.776 e. The van der Waals surface area contributed by atoms with Gasteiger partial charge < -0.3 is 34.6 Å². The van der Waals surface area contributed by atoms with E-state index in [1.54, 1.807) is 0 Å². The van der Waals surface area contributed by atoms with Crippen LogP contribution < -0.4 is 39.8 Å². The molecule has 102 valence electrons. The maximum atomic E-state index is 11.1. The maximum Gasteiger partial charge on any atom is 1.00 e. The van der Waals surface area contributed by atoms with E-state index in [0.717, 1.165) is 12.8 Å². The van der Waals surface area contributed by atoms with Gasteiger partial charge in [-0.05, 0) is 19.4 Å². The van der Waals surface area contributed by atoms with E-state index in [2.05, 4.69) is 5.32 Å². The Kier molecular flexibility index (Phi) is 7.24. The summed E-state index contributed by atoms with van der Waals surface area (Å²) in [5.74, 6) is 0. The van der Waals surface area contributed by atoms with E-state index in [9.17, 15) is 19.1 Å². The molecular formula is C7H16NNaO7P2. The van der Waals surface area contributed by atoms with Crippen molar-refractivity contribution >= 4 is 15.2 Å². The molecule has 3 unspecified atom stereocenters. The summed E-state index contributed by atoms with van der Waals surface area (Å²) >= 11 is 0. The zero-order valence-electron chi connectivity index (χ0n) is 10.0. The quantitative estimate of drug-likeness (QED) is 0.260. The second-order valence-electron chi connectivity index (χ2n) is 4.19. The molecule has 0 radical (unpaired) electrons. The number of aliphatic hydroxyl groups is 1. The van der Waals surface area contributed by atoms with Crippen LogP contribution >= 0.6 is 15.2 Å². The van der Waals surface area contributed by atoms with Crippen molar-refractivity contribution in [3.05, 3.63) is 0 Å². The SMILES string of the molecule is O=P([O-])(O)C(O)(CC1CCCCN1)P(=O)(O)O.[Na+]. The van der Waals surface area contributed by atoms with Crippen LogP contribution in [-0.4, -0.2) is 37.5 Å². The molecule has 0 aliphatic carbocycles. The molecule has 1 rings (SSSR count). The van der Waals surface area contributed by atoms with E-state index in [4.69, 9.17) is 14.7 Å². The fraction of sp³-hybridized carbons (Fsp3) is 1.00. The molecule has 11 heteroatoms. The summed E-state index contributed by atoms with van der Waals surface area (Å²) in [5.41, 5.74) is 0. The average molecular weight is 311 g/mol. The zero-order valence-corrected chi connectivity index (χ0v) is 13.8. The van der Waals surface area contributed by atoms with Crippen LogP contribution in [0.25, 0.3) is 0 Å². The monoisotopic (exact) mass is 311 g/mol. The Morgan fingerprint density at radius 1 is 1.28 bits per heavy atom. The van der Waals surface area contributed by atoms with Crippen LogP contribution in [-0.2, 0) is 9.13 Å². The van der Waals surface area contributed by atoms with E-state index >= 15 is 0 Å². The normalized spacial score (nSPS) is 27.7. The van der Waals surface area contributed by atoms with Crippen LogP contribution in [0.2, 0.25) is 0 Å². The van der Waals surface area contributed by atoms with Gasteiger partial charge in [-0.15, -0.1) is 0 Å². The second kappa shape index (κ2) is 6.78. The van der Waals surface area contributed by atoms with Crippen molar-refractivity contribution in [2.45, 2.75) is 36.8 Å². The molecule has 0 aromatic rings. The molecule has 1 fully saturated rings. The van der Waals surface area contributed by atoms with Crippen molar-refractivity contribution in [3.8, 4) is 0 Å². The molecule has 1 aliphatic rings. The summed E-state index contributed by atoms with van der Waals surface area (Å²) in [6, 6.07) is -0.546. The number of hydrogen-bond acceptors (Lipinski definition) is 5. The van der Waals surface area contributed by atoms with Crippen molar-refractivity contribution in [1.82, 2.24) is 5.32 Å². The van der Waals surface area contributed by atoms with E-state index in [0.29, 0.717) is 13.0 Å². The fourth-order valence-electron chi connectivity index (χ4n) is 1.83. The van der Waals surface area contributed by atoms with Crippen LogP contribution in [0.15, 0.2) is 0 Å². The standard InChI is InChI=1S/C7H17NO7P2.Na/c9-7(16(10,11)12,17(13,14)15)5-6-3-1-2-4-8-6;/h6,8-9H,1-5H2,(H2,10,11,12)(H2,13,14,15);/q;+1/p-1. The van der Waals surface area contributed by atoms with Crippen molar-refractivity contribution in [1.29, 1.82) is 0 Å². The topological polar surface area (TPSA) is 150 Å². The van der Waals surface area contributed by atoms with Crippen LogP contribution in [0, 0.1) is 0 Å². The minimum absolute atomic E-state index is 0. The van der Waals surface area contributed by atoms with Gasteiger partial charge in [-0.25, -0.2) is 0 Å². The molecule has 18 heavy (non-hydrogen) atoms. The fourth-order valence-corrected chi connectivity index (χ4v) is 4.05. The Bertz CT molecular complexity index is 339. The minimum atomic E-state index is -5.57. The Morgan fingerprint density at radius 3 is 2.17 bits per heavy atom. The zero-order chi connectivity index (χ0) is 13.3. The number of rotatable bonds is 4. The average Bonchev–Trinajstić information content (AvgIpc) is 2.15. The molecule has 0 aromatic heterocycles. The molecule has 0 amide bonds. The largest absolute Gasteiger partial charge is 1.00 e. The second-order valence-corrected chi connectivity index (χ2v) is 8.15. The van der Waals surface area contributed by atoms with Gasteiger partial charge in [0.25, 0.3) is 0 Å². The molecule has 8 nitrogen and oxygen atoms in total. The number of hydrogen-bond donors (Lipinski definition) is 5. The predicted octanol–water partition coefficient (Wildman–Crippen LogP) is -4.11. The molecular weight excluding hydrogens is 295 g/mol. The van der Waals surface area contributed by atoms with Gasteiger partial charge in [0.05, 0.1) is 0 Å². The summed E-state index contributed by atoms with van der Waals surface area (Å²) in [6.45, 7) is 0.580. The Balaban J connectivity index is 0.00000289. The Hall–Kier alpha value is 1.22. The van der Waals surface area contributed by atoms with Gasteiger partial charge in [0, 0.05) is 12.5 Å². The van der Waals surface area contributed by atoms with Gasteiger partial charge in [-0.2, -0.15) is 0 Å². The molecule has 0 saturated carbocycles. The van der Waals surface area contributed by atoms with Crippen molar-refractivity contribution in [3.63, 3.8) is 0 Å². The van der Waals surface area contributed by atoms with E-state index in [1.165, 1.54) is 0 Å². The molecule has 0 spiro atoms. The van der Waals surface area contributed by atoms with Gasteiger partial charge >= 0.3 is 37.2 Å². The summed E-state index contributed by atoms with van der Waals surface area (Å²) in [5, 5.41) is 9.04. The molecule has 0 aromatic carbocycles. The molecule has 1 aliphatic heterocycles. The first-order valence-corrected chi connectivity index (χ1v) is 8.32. The van der Waals surface area contributed by atoms with Crippen LogP contribution in [0.4, 0.5) is 0 Å². The predicted molar refractivity (Wildman–Crippen MR) is 57.1 cm³/mol. The van der Waals surface area contributed by atoms with E-state index < -0.39 is 32.7 Å². The van der Waals surface area contributed by atoms with Crippen molar-refractivity contribution < 1.29 is 63.4 Å². The van der Waals surface area contributed by atoms with Crippen molar-refractivity contribution in [2.75, 3.05) is 6.54 Å². The molecule has 3 atom stereocenters. The maximum absolute atomic E-state index is 11.1. The van der Waals surface area contributed by atoms with Crippen molar-refractivity contribution in [2.24, 2.45) is 0 Å². The third-order valence-corrected chi connectivity index (χ3v) is 6.59. The Morgan fingerprint density at radius 2 is 1.83 bits per heavy atom. The van der Waals surface area contributed by atoms with Crippen LogP contribution in [0.1, 0.15) is 25.7 Å². The van der Waals surface area contributed by atoms with E-state index in [1.807, 2.05) is 0 Å². The Labute approximate surface area is 127 Å². The van der Waals surface area contributed by atoms with Gasteiger partial charge in [0.1, 0.15) is 0 Å². The van der Waals surface area contributed by atoms with Gasteiger partial charge in [-0.3, -0.25) is 4.57 Å². The smallest absolute Gasteiger partial charge is 0.776 e. The first kappa shape index (κ1) is 19.2. The summed E-state index contributed by atoms with van der Waals surface area (Å²) in [6.07, 6.45) is 1.40. The first-order chi connectivity index (χ1) is 7.58. The summed E-state index contributed by atoms with van der Waals surface area (Å²) < 4.78 is 22.0. The molecule has 1 saturated heterocycles. The summed E-state index contributed by atoms with van der Waals surface area (Å²) in [7, 11) is -11.0. The number of piperidine rings is 1. The summed E-state index contributed by atoms with van der Waals surface area (Å²) in [4.78, 5) is 37.6. The third kappa shape index (κ3) is 4.36. The van der Waals surface area contributed by atoms with E-state index in [-0.39, 0.29) is 29.6 Å².